The Hall–Kier alpha value is -2.60. The summed E-state index contributed by atoms with van der Waals surface area (Å²) in [6.07, 6.45) is 0. The van der Waals surface area contributed by atoms with Crippen LogP contribution < -0.4 is 10.5 Å². The molecule has 0 bridgehead atoms. The van der Waals surface area contributed by atoms with E-state index in [1.54, 1.807) is 30.3 Å². The lowest BCUT2D eigenvalue weighted by Crippen LogP contribution is -2.36. The van der Waals surface area contributed by atoms with Gasteiger partial charge in [-0.3, -0.25) is 9.59 Å². The lowest BCUT2D eigenvalue weighted by atomic mass is 10.3. The van der Waals surface area contributed by atoms with Crippen molar-refractivity contribution in [3.05, 3.63) is 47.5 Å². The number of anilines is 1. The number of amides is 2. The van der Waals surface area contributed by atoms with Crippen molar-refractivity contribution in [2.24, 2.45) is 5.14 Å². The quantitative estimate of drug-likeness (QED) is 0.462. The topological polar surface area (TPSA) is 127 Å². The first kappa shape index (κ1) is 24.1. The molecule has 0 aliphatic heterocycles. The number of likely N-dealkylation sites (N-methyl/N-ethyl adjacent to an activating group) is 1. The van der Waals surface area contributed by atoms with Gasteiger partial charge in [-0.05, 0) is 37.3 Å². The van der Waals surface area contributed by atoms with Crippen LogP contribution in [0.1, 0.15) is 6.92 Å². The van der Waals surface area contributed by atoms with Crippen molar-refractivity contribution in [1.82, 2.24) is 14.5 Å². The van der Waals surface area contributed by atoms with Crippen LogP contribution in [0.2, 0.25) is 5.02 Å². The molecule has 9 nitrogen and oxygen atoms in total. The van der Waals surface area contributed by atoms with E-state index in [2.05, 4.69) is 10.3 Å². The number of carbonyl (C=O) groups is 2. The van der Waals surface area contributed by atoms with Crippen LogP contribution in [0.4, 0.5) is 5.69 Å². The maximum absolute atomic E-state index is 12.5. The van der Waals surface area contributed by atoms with Gasteiger partial charge < -0.3 is 14.8 Å². The minimum Gasteiger partial charge on any atom is -0.336 e. The fourth-order valence-electron chi connectivity index (χ4n) is 2.97. The minimum atomic E-state index is -3.84. The van der Waals surface area contributed by atoms with E-state index in [-0.39, 0.29) is 29.0 Å². The van der Waals surface area contributed by atoms with Gasteiger partial charge in [0.15, 0.2) is 5.16 Å². The third-order valence-electron chi connectivity index (χ3n) is 4.61. The fraction of sp³-hybridized carbons (Fsp3) is 0.250. The van der Waals surface area contributed by atoms with Crippen LogP contribution in [0.15, 0.2) is 52.5 Å². The van der Waals surface area contributed by atoms with Gasteiger partial charge in [-0.15, -0.1) is 0 Å². The number of primary sulfonamides is 1. The average molecular weight is 496 g/mol. The molecular formula is C20H22ClN5O4S2. The van der Waals surface area contributed by atoms with Gasteiger partial charge in [0.25, 0.3) is 0 Å². The van der Waals surface area contributed by atoms with Gasteiger partial charge in [-0.25, -0.2) is 18.5 Å². The summed E-state index contributed by atoms with van der Waals surface area (Å²) in [5.41, 5.74) is 1.69. The molecule has 170 valence electrons. The molecule has 0 fully saturated rings. The molecule has 12 heteroatoms. The van der Waals surface area contributed by atoms with Gasteiger partial charge in [-0.1, -0.05) is 35.5 Å². The molecule has 0 aliphatic carbocycles. The van der Waals surface area contributed by atoms with E-state index in [1.807, 2.05) is 11.5 Å². The number of nitrogens with one attached hydrogen (secondary N) is 1. The molecule has 1 heterocycles. The SMILES string of the molecule is CCn1c(SCC(=O)N(C)CC(=O)Nc2ccccc2Cl)nc2cc(S(N)(=O)=O)ccc21. The second kappa shape index (κ2) is 9.90. The Balaban J connectivity index is 1.65. The number of benzene rings is 2. The van der Waals surface area contributed by atoms with Gasteiger partial charge in [0.2, 0.25) is 21.8 Å². The zero-order valence-electron chi connectivity index (χ0n) is 17.4. The predicted molar refractivity (Wildman–Crippen MR) is 125 cm³/mol. The monoisotopic (exact) mass is 495 g/mol. The fourth-order valence-corrected chi connectivity index (χ4v) is 4.71. The van der Waals surface area contributed by atoms with Gasteiger partial charge >= 0.3 is 0 Å². The molecule has 2 amide bonds. The molecular weight excluding hydrogens is 474 g/mol. The predicted octanol–water partition coefficient (Wildman–Crippen LogP) is 2.55. The summed E-state index contributed by atoms with van der Waals surface area (Å²) < 4.78 is 25.1. The second-order valence-corrected chi connectivity index (χ2v) is 9.81. The number of fused-ring (bicyclic) bond motifs is 1. The Morgan fingerprint density at radius 3 is 2.62 bits per heavy atom. The Morgan fingerprint density at radius 1 is 1.25 bits per heavy atom. The van der Waals surface area contributed by atoms with Crippen molar-refractivity contribution >= 4 is 61.9 Å². The first-order valence-electron chi connectivity index (χ1n) is 9.54. The number of aromatic nitrogens is 2. The molecule has 1 aromatic heterocycles. The van der Waals surface area contributed by atoms with E-state index in [0.717, 1.165) is 5.52 Å². The maximum Gasteiger partial charge on any atom is 0.244 e. The number of aryl methyl sites for hydroxylation is 1. The van der Waals surface area contributed by atoms with E-state index in [1.165, 1.54) is 35.8 Å². The smallest absolute Gasteiger partial charge is 0.244 e. The first-order chi connectivity index (χ1) is 15.1. The van der Waals surface area contributed by atoms with Crippen molar-refractivity contribution in [3.8, 4) is 0 Å². The van der Waals surface area contributed by atoms with Gasteiger partial charge in [0.05, 0.1) is 38.9 Å². The third-order valence-corrected chi connectivity index (χ3v) is 6.81. The number of rotatable bonds is 8. The van der Waals surface area contributed by atoms with E-state index in [9.17, 15) is 18.0 Å². The Labute approximate surface area is 195 Å². The Kier molecular flexibility index (Phi) is 7.44. The third kappa shape index (κ3) is 5.60. The molecule has 0 atom stereocenters. The average Bonchev–Trinajstić information content (AvgIpc) is 3.09. The highest BCUT2D eigenvalue weighted by molar-refractivity contribution is 7.99. The van der Waals surface area contributed by atoms with Gasteiger partial charge in [-0.2, -0.15) is 0 Å². The highest BCUT2D eigenvalue weighted by Crippen LogP contribution is 2.26. The number of hydrogen-bond donors (Lipinski definition) is 2. The number of halogens is 1. The second-order valence-electron chi connectivity index (χ2n) is 6.90. The molecule has 32 heavy (non-hydrogen) atoms. The van der Waals surface area contributed by atoms with Crippen LogP contribution in [0, 0.1) is 0 Å². The summed E-state index contributed by atoms with van der Waals surface area (Å²) in [7, 11) is -2.30. The van der Waals surface area contributed by atoms with Crippen LogP contribution in [0.3, 0.4) is 0 Å². The van der Waals surface area contributed by atoms with Crippen molar-refractivity contribution < 1.29 is 18.0 Å². The standard InChI is InChI=1S/C20H22ClN5O4S2/c1-3-26-17-9-8-13(32(22,29)30)10-16(17)24-20(26)31-12-19(28)25(2)11-18(27)23-15-7-5-4-6-14(15)21/h4-10H,3,11-12H2,1-2H3,(H,23,27)(H2,22,29,30). The highest BCUT2D eigenvalue weighted by Gasteiger charge is 2.18. The lowest BCUT2D eigenvalue weighted by molar-refractivity contribution is -0.131. The van der Waals surface area contributed by atoms with E-state index in [4.69, 9.17) is 16.7 Å². The number of nitrogens with two attached hydrogens (primary N) is 1. The summed E-state index contributed by atoms with van der Waals surface area (Å²) in [5.74, 6) is -0.569. The molecule has 0 saturated carbocycles. The van der Waals surface area contributed by atoms with Crippen molar-refractivity contribution in [1.29, 1.82) is 0 Å². The van der Waals surface area contributed by atoms with Crippen LogP contribution in [0.25, 0.3) is 11.0 Å². The van der Waals surface area contributed by atoms with E-state index in [0.29, 0.717) is 27.9 Å². The number of imidazole rings is 1. The van der Waals surface area contributed by atoms with Crippen LogP contribution in [-0.4, -0.2) is 54.0 Å². The van der Waals surface area contributed by atoms with Crippen molar-refractivity contribution in [2.75, 3.05) is 24.7 Å². The zero-order chi connectivity index (χ0) is 23.5. The number of para-hydroxylation sites is 1. The largest absolute Gasteiger partial charge is 0.336 e. The molecule has 3 N–H and O–H groups in total. The van der Waals surface area contributed by atoms with Gasteiger partial charge in [0.1, 0.15) is 0 Å². The molecule has 0 aliphatic rings. The normalized spacial score (nSPS) is 11.5. The first-order valence-corrected chi connectivity index (χ1v) is 12.5. The van der Waals surface area contributed by atoms with Crippen LogP contribution >= 0.6 is 23.4 Å². The summed E-state index contributed by atoms with van der Waals surface area (Å²) in [5, 5.41) is 8.85. The maximum atomic E-state index is 12.5. The number of sulfonamides is 1. The molecule has 2 aromatic carbocycles. The summed E-state index contributed by atoms with van der Waals surface area (Å²) in [6, 6.07) is 11.3. The van der Waals surface area contributed by atoms with Crippen LogP contribution in [-0.2, 0) is 26.2 Å². The summed E-state index contributed by atoms with van der Waals surface area (Å²) >= 11 is 7.24. The molecule has 0 spiro atoms. The number of nitrogens with zero attached hydrogens (tertiary/aromatic N) is 3. The molecule has 0 radical (unpaired) electrons. The molecule has 3 aromatic rings. The minimum absolute atomic E-state index is 0.0253. The molecule has 0 saturated heterocycles. The van der Waals surface area contributed by atoms with Crippen molar-refractivity contribution in [2.45, 2.75) is 23.5 Å². The molecule has 0 unspecified atom stereocenters. The summed E-state index contributed by atoms with van der Waals surface area (Å²) in [6.45, 7) is 2.37. The highest BCUT2D eigenvalue weighted by atomic mass is 35.5. The summed E-state index contributed by atoms with van der Waals surface area (Å²) in [4.78, 5) is 30.5. The Bertz CT molecular complexity index is 1280. The van der Waals surface area contributed by atoms with Crippen molar-refractivity contribution in [3.63, 3.8) is 0 Å². The molecule has 3 rings (SSSR count). The van der Waals surface area contributed by atoms with E-state index < -0.39 is 10.0 Å². The van der Waals surface area contributed by atoms with E-state index >= 15 is 0 Å². The zero-order valence-corrected chi connectivity index (χ0v) is 19.8. The van der Waals surface area contributed by atoms with Gasteiger partial charge in [0, 0.05) is 13.6 Å². The number of carbonyl (C=O) groups excluding carboxylic acids is 2. The lowest BCUT2D eigenvalue weighted by Gasteiger charge is -2.17. The van der Waals surface area contributed by atoms with Crippen LogP contribution in [0.5, 0.6) is 0 Å². The Morgan fingerprint density at radius 2 is 1.97 bits per heavy atom. The number of hydrogen-bond acceptors (Lipinski definition) is 6. The number of thioether (sulfide) groups is 1.